The van der Waals surface area contributed by atoms with Gasteiger partial charge in [0, 0.05) is 4.70 Å². The summed E-state index contributed by atoms with van der Waals surface area (Å²) in [5, 5.41) is 1.81. The van der Waals surface area contributed by atoms with Crippen LogP contribution >= 0.6 is 11.3 Å². The topological polar surface area (TPSA) is 72.5 Å². The van der Waals surface area contributed by atoms with E-state index < -0.39 is 16.0 Å². The second-order valence-corrected chi connectivity index (χ2v) is 8.97. The van der Waals surface area contributed by atoms with Crippen molar-refractivity contribution in [2.45, 2.75) is 23.7 Å². The van der Waals surface area contributed by atoms with E-state index in [1.54, 1.807) is 0 Å². The van der Waals surface area contributed by atoms with Gasteiger partial charge in [0.15, 0.2) is 0 Å². The zero-order valence-electron chi connectivity index (χ0n) is 14.1. The van der Waals surface area contributed by atoms with E-state index in [1.165, 1.54) is 42.7 Å². The number of hydrogen-bond acceptors (Lipinski definition) is 5. The van der Waals surface area contributed by atoms with E-state index >= 15 is 0 Å². The monoisotopic (exact) mass is 387 g/mol. The molecule has 134 valence electrons. The van der Waals surface area contributed by atoms with Gasteiger partial charge in [0.2, 0.25) is 0 Å². The van der Waals surface area contributed by atoms with Crippen molar-refractivity contribution in [3.8, 4) is 0 Å². The molecule has 0 radical (unpaired) electrons. The molecule has 0 aliphatic heterocycles. The van der Waals surface area contributed by atoms with Crippen LogP contribution in [0.2, 0.25) is 0 Å². The van der Waals surface area contributed by atoms with Crippen LogP contribution < -0.4 is 4.72 Å². The van der Waals surface area contributed by atoms with Crippen LogP contribution in [0.15, 0.2) is 53.4 Å². The largest absolute Gasteiger partial charge is 0.465 e. The predicted molar refractivity (Wildman–Crippen MR) is 102 cm³/mol. The van der Waals surface area contributed by atoms with Gasteiger partial charge in [-0.1, -0.05) is 18.2 Å². The Kier molecular flexibility index (Phi) is 4.20. The number of anilines is 1. The fraction of sp³-hybridized carbons (Fsp3) is 0.211. The zero-order chi connectivity index (χ0) is 18.3. The quantitative estimate of drug-likeness (QED) is 0.660. The molecule has 1 aromatic heterocycles. The van der Waals surface area contributed by atoms with Crippen molar-refractivity contribution in [1.29, 1.82) is 0 Å². The standard InChI is InChI=1S/C19H17NO4S2/c1-24-19(21)13-8-10-14(11-9-13)26(22,23)20-18-17(12-6-7-12)15-4-2-3-5-16(15)25-18/h2-5,8-12,20H,6-7H2,1H3. The summed E-state index contributed by atoms with van der Waals surface area (Å²) in [5.74, 6) is -0.0759. The van der Waals surface area contributed by atoms with Crippen LogP contribution in [0, 0.1) is 0 Å². The molecule has 26 heavy (non-hydrogen) atoms. The van der Waals surface area contributed by atoms with E-state index in [0.717, 1.165) is 28.5 Å². The number of methoxy groups -OCH3 is 1. The molecule has 1 saturated carbocycles. The molecule has 0 bridgehead atoms. The molecule has 0 amide bonds. The second-order valence-electron chi connectivity index (χ2n) is 6.24. The lowest BCUT2D eigenvalue weighted by Gasteiger charge is -2.09. The van der Waals surface area contributed by atoms with Crippen molar-refractivity contribution in [1.82, 2.24) is 0 Å². The smallest absolute Gasteiger partial charge is 0.337 e. The molecular formula is C19H17NO4S2. The Balaban J connectivity index is 1.69. The molecule has 5 nitrogen and oxygen atoms in total. The summed E-state index contributed by atoms with van der Waals surface area (Å²) in [6.07, 6.45) is 2.17. The average Bonchev–Trinajstić information content (AvgIpc) is 3.42. The minimum absolute atomic E-state index is 0.115. The van der Waals surface area contributed by atoms with Crippen LogP contribution in [0.25, 0.3) is 10.1 Å². The van der Waals surface area contributed by atoms with Crippen molar-refractivity contribution in [3.05, 3.63) is 59.7 Å². The number of sulfonamides is 1. The molecule has 2 aromatic carbocycles. The lowest BCUT2D eigenvalue weighted by atomic mass is 10.1. The Labute approximate surface area is 155 Å². The maximum Gasteiger partial charge on any atom is 0.337 e. The number of thiophene rings is 1. The summed E-state index contributed by atoms with van der Waals surface area (Å²) in [5.41, 5.74) is 1.41. The summed E-state index contributed by atoms with van der Waals surface area (Å²) in [7, 11) is -2.44. The Morgan fingerprint density at radius 3 is 2.46 bits per heavy atom. The summed E-state index contributed by atoms with van der Waals surface area (Å²) in [6.45, 7) is 0. The first-order valence-corrected chi connectivity index (χ1v) is 10.5. The van der Waals surface area contributed by atoms with E-state index in [4.69, 9.17) is 0 Å². The third kappa shape index (κ3) is 3.08. The number of benzene rings is 2. The molecule has 4 rings (SSSR count). The SMILES string of the molecule is COC(=O)c1ccc(S(=O)(=O)Nc2sc3ccccc3c2C2CC2)cc1. The first kappa shape index (κ1) is 17.1. The Bertz CT molecular complexity index is 1080. The number of hydrogen-bond donors (Lipinski definition) is 1. The van der Waals surface area contributed by atoms with Crippen LogP contribution in [0.3, 0.4) is 0 Å². The molecule has 1 aliphatic carbocycles. The molecule has 0 spiro atoms. The fourth-order valence-corrected chi connectivity index (χ4v) is 5.49. The van der Waals surface area contributed by atoms with Crippen LogP contribution in [-0.2, 0) is 14.8 Å². The van der Waals surface area contributed by atoms with Crippen molar-refractivity contribution < 1.29 is 17.9 Å². The van der Waals surface area contributed by atoms with E-state index in [2.05, 4.69) is 9.46 Å². The third-order valence-corrected chi connectivity index (χ3v) is 7.03. The Hall–Kier alpha value is -2.38. The minimum atomic E-state index is -3.73. The summed E-state index contributed by atoms with van der Waals surface area (Å²) >= 11 is 1.46. The molecule has 1 fully saturated rings. The van der Waals surface area contributed by atoms with Gasteiger partial charge in [-0.25, -0.2) is 13.2 Å². The van der Waals surface area contributed by atoms with Gasteiger partial charge in [-0.2, -0.15) is 0 Å². The molecule has 0 unspecified atom stereocenters. The number of carbonyl (C=O) groups is 1. The van der Waals surface area contributed by atoms with Gasteiger partial charge in [0.05, 0.1) is 17.6 Å². The van der Waals surface area contributed by atoms with Gasteiger partial charge in [-0.3, -0.25) is 4.72 Å². The number of fused-ring (bicyclic) bond motifs is 1. The molecule has 7 heteroatoms. The number of ether oxygens (including phenoxy) is 1. The van der Waals surface area contributed by atoms with Gasteiger partial charge >= 0.3 is 5.97 Å². The highest BCUT2D eigenvalue weighted by Crippen LogP contribution is 2.50. The van der Waals surface area contributed by atoms with E-state index in [1.807, 2.05) is 24.3 Å². The van der Waals surface area contributed by atoms with Crippen LogP contribution in [0.4, 0.5) is 5.00 Å². The fourth-order valence-electron chi connectivity index (χ4n) is 2.99. The molecule has 0 atom stereocenters. The number of rotatable bonds is 5. The summed E-state index contributed by atoms with van der Waals surface area (Å²) in [4.78, 5) is 11.6. The van der Waals surface area contributed by atoms with Crippen LogP contribution in [0.5, 0.6) is 0 Å². The van der Waals surface area contributed by atoms with Crippen LogP contribution in [-0.4, -0.2) is 21.5 Å². The first-order chi connectivity index (χ1) is 12.5. The second kappa shape index (κ2) is 6.41. The highest BCUT2D eigenvalue weighted by molar-refractivity contribution is 7.93. The number of carbonyl (C=O) groups excluding carboxylic acids is 1. The maximum absolute atomic E-state index is 12.8. The van der Waals surface area contributed by atoms with Crippen molar-refractivity contribution in [2.24, 2.45) is 0 Å². The van der Waals surface area contributed by atoms with Crippen LogP contribution in [0.1, 0.15) is 34.7 Å². The first-order valence-electron chi connectivity index (χ1n) is 8.22. The lowest BCUT2D eigenvalue weighted by Crippen LogP contribution is -2.13. The summed E-state index contributed by atoms with van der Waals surface area (Å²) in [6, 6.07) is 13.7. The molecule has 0 saturated heterocycles. The average molecular weight is 387 g/mol. The summed E-state index contributed by atoms with van der Waals surface area (Å²) < 4.78 is 34.1. The Morgan fingerprint density at radius 1 is 1.12 bits per heavy atom. The van der Waals surface area contributed by atoms with Crippen molar-refractivity contribution >= 4 is 42.4 Å². The lowest BCUT2D eigenvalue weighted by molar-refractivity contribution is 0.0600. The van der Waals surface area contributed by atoms with Gasteiger partial charge in [0.1, 0.15) is 5.00 Å². The van der Waals surface area contributed by atoms with E-state index in [9.17, 15) is 13.2 Å². The van der Waals surface area contributed by atoms with Gasteiger partial charge in [-0.05, 0) is 60.0 Å². The maximum atomic E-state index is 12.8. The van der Waals surface area contributed by atoms with E-state index in [0.29, 0.717) is 16.5 Å². The van der Waals surface area contributed by atoms with Gasteiger partial charge in [-0.15, -0.1) is 11.3 Å². The third-order valence-electron chi connectivity index (χ3n) is 4.43. The molecule has 1 N–H and O–H groups in total. The van der Waals surface area contributed by atoms with Gasteiger partial charge in [0.25, 0.3) is 10.0 Å². The van der Waals surface area contributed by atoms with E-state index in [-0.39, 0.29) is 4.90 Å². The molecule has 3 aromatic rings. The zero-order valence-corrected chi connectivity index (χ0v) is 15.7. The highest BCUT2D eigenvalue weighted by atomic mass is 32.2. The Morgan fingerprint density at radius 2 is 1.81 bits per heavy atom. The van der Waals surface area contributed by atoms with Crippen molar-refractivity contribution in [2.75, 3.05) is 11.8 Å². The predicted octanol–water partition coefficient (Wildman–Crippen LogP) is 4.37. The number of esters is 1. The molecular weight excluding hydrogens is 370 g/mol. The number of nitrogens with one attached hydrogen (secondary N) is 1. The molecule has 1 aliphatic rings. The normalized spacial score (nSPS) is 14.3. The highest BCUT2D eigenvalue weighted by Gasteiger charge is 2.31. The van der Waals surface area contributed by atoms with Gasteiger partial charge < -0.3 is 4.74 Å². The minimum Gasteiger partial charge on any atom is -0.465 e. The van der Waals surface area contributed by atoms with Crippen molar-refractivity contribution in [3.63, 3.8) is 0 Å². The molecule has 1 heterocycles.